The quantitative estimate of drug-likeness (QED) is 0.799. The van der Waals surface area contributed by atoms with Gasteiger partial charge < -0.3 is 4.90 Å². The Hall–Kier alpha value is -2.53. The average molecular weight is 391 g/mol. The lowest BCUT2D eigenvalue weighted by molar-refractivity contribution is -0.129. The molecule has 2 aliphatic heterocycles. The van der Waals surface area contributed by atoms with Gasteiger partial charge in [0.1, 0.15) is 5.82 Å². The van der Waals surface area contributed by atoms with E-state index in [1.165, 1.54) is 17.6 Å². The summed E-state index contributed by atoms with van der Waals surface area (Å²) in [5.41, 5.74) is 4.87. The SMILES string of the molecule is CC(=O)N1CCc2nc(C3CCCN(C/C(C)=C/c4ccccc4)C3)ncc2C1. The van der Waals surface area contributed by atoms with Crippen LogP contribution in [0.15, 0.2) is 42.1 Å². The number of likely N-dealkylation sites (tertiary alicyclic amines) is 1. The van der Waals surface area contributed by atoms with Crippen LogP contribution in [0.4, 0.5) is 0 Å². The molecule has 1 saturated heterocycles. The molecule has 29 heavy (non-hydrogen) atoms. The molecular formula is C24H30N4O. The summed E-state index contributed by atoms with van der Waals surface area (Å²) >= 11 is 0. The predicted octanol–water partition coefficient (Wildman–Crippen LogP) is 3.66. The summed E-state index contributed by atoms with van der Waals surface area (Å²) in [5, 5.41) is 0. The van der Waals surface area contributed by atoms with Gasteiger partial charge >= 0.3 is 0 Å². The van der Waals surface area contributed by atoms with E-state index in [4.69, 9.17) is 9.97 Å². The Labute approximate surface area is 173 Å². The van der Waals surface area contributed by atoms with Crippen molar-refractivity contribution in [1.29, 1.82) is 0 Å². The van der Waals surface area contributed by atoms with Gasteiger partial charge in [0.25, 0.3) is 0 Å². The maximum absolute atomic E-state index is 11.6. The zero-order valence-electron chi connectivity index (χ0n) is 17.5. The van der Waals surface area contributed by atoms with Crippen molar-refractivity contribution in [3.05, 3.63) is 64.7 Å². The van der Waals surface area contributed by atoms with Crippen molar-refractivity contribution in [1.82, 2.24) is 19.8 Å². The smallest absolute Gasteiger partial charge is 0.219 e. The summed E-state index contributed by atoms with van der Waals surface area (Å²) in [7, 11) is 0. The van der Waals surface area contributed by atoms with Gasteiger partial charge in [-0.3, -0.25) is 9.69 Å². The maximum atomic E-state index is 11.6. The number of hydrogen-bond acceptors (Lipinski definition) is 4. The Balaban J connectivity index is 1.41. The van der Waals surface area contributed by atoms with E-state index in [1.807, 2.05) is 11.1 Å². The second-order valence-corrected chi connectivity index (χ2v) is 8.37. The number of fused-ring (bicyclic) bond motifs is 1. The molecule has 0 radical (unpaired) electrons. The van der Waals surface area contributed by atoms with Gasteiger partial charge in [-0.2, -0.15) is 0 Å². The van der Waals surface area contributed by atoms with Crippen LogP contribution in [-0.2, 0) is 17.8 Å². The molecule has 1 unspecified atom stereocenters. The van der Waals surface area contributed by atoms with Crippen molar-refractivity contribution >= 4 is 12.0 Å². The normalized spacial score (nSPS) is 20.4. The van der Waals surface area contributed by atoms with E-state index in [9.17, 15) is 4.79 Å². The number of carbonyl (C=O) groups is 1. The maximum Gasteiger partial charge on any atom is 0.219 e. The lowest BCUT2D eigenvalue weighted by Crippen LogP contribution is -2.37. The molecule has 1 amide bonds. The highest BCUT2D eigenvalue weighted by atomic mass is 16.2. The second-order valence-electron chi connectivity index (χ2n) is 8.37. The highest BCUT2D eigenvalue weighted by Crippen LogP contribution is 2.27. The number of piperidine rings is 1. The van der Waals surface area contributed by atoms with Gasteiger partial charge in [-0.1, -0.05) is 42.0 Å². The third kappa shape index (κ3) is 4.91. The fraction of sp³-hybridized carbons (Fsp3) is 0.458. The lowest BCUT2D eigenvalue weighted by Gasteiger charge is -2.33. The third-order valence-electron chi connectivity index (χ3n) is 5.95. The van der Waals surface area contributed by atoms with E-state index in [0.717, 1.165) is 56.1 Å². The molecule has 1 aromatic carbocycles. The Bertz CT molecular complexity index is 893. The number of aromatic nitrogens is 2. The van der Waals surface area contributed by atoms with Gasteiger partial charge in [0, 0.05) is 57.2 Å². The molecule has 4 rings (SSSR count). The largest absolute Gasteiger partial charge is 0.338 e. The number of nitrogens with zero attached hydrogens (tertiary/aromatic N) is 4. The molecule has 0 aliphatic carbocycles. The van der Waals surface area contributed by atoms with Crippen molar-refractivity contribution in [2.24, 2.45) is 0 Å². The lowest BCUT2D eigenvalue weighted by atomic mass is 9.96. The van der Waals surface area contributed by atoms with Crippen LogP contribution in [0, 0.1) is 0 Å². The summed E-state index contributed by atoms with van der Waals surface area (Å²) < 4.78 is 0. The van der Waals surface area contributed by atoms with Crippen LogP contribution < -0.4 is 0 Å². The van der Waals surface area contributed by atoms with Crippen LogP contribution in [0.3, 0.4) is 0 Å². The Morgan fingerprint density at radius 2 is 2.03 bits per heavy atom. The highest BCUT2D eigenvalue weighted by molar-refractivity contribution is 5.73. The van der Waals surface area contributed by atoms with E-state index in [-0.39, 0.29) is 5.91 Å². The van der Waals surface area contributed by atoms with Crippen LogP contribution >= 0.6 is 0 Å². The van der Waals surface area contributed by atoms with E-state index in [2.05, 4.69) is 48.2 Å². The first-order valence-corrected chi connectivity index (χ1v) is 10.6. The van der Waals surface area contributed by atoms with Crippen molar-refractivity contribution in [2.75, 3.05) is 26.2 Å². The molecule has 2 aromatic rings. The van der Waals surface area contributed by atoms with Crippen LogP contribution in [0.2, 0.25) is 0 Å². The first-order chi connectivity index (χ1) is 14.1. The van der Waals surface area contributed by atoms with Crippen LogP contribution in [0.1, 0.15) is 55.3 Å². The Morgan fingerprint density at radius 1 is 1.21 bits per heavy atom. The second kappa shape index (κ2) is 8.87. The predicted molar refractivity (Wildman–Crippen MR) is 115 cm³/mol. The molecule has 0 saturated carbocycles. The third-order valence-corrected chi connectivity index (χ3v) is 5.95. The Kier molecular flexibility index (Phi) is 6.05. The fourth-order valence-electron chi connectivity index (χ4n) is 4.44. The number of amides is 1. The van der Waals surface area contributed by atoms with E-state index in [0.29, 0.717) is 12.5 Å². The first-order valence-electron chi connectivity index (χ1n) is 10.6. The first kappa shape index (κ1) is 19.8. The zero-order valence-corrected chi connectivity index (χ0v) is 17.5. The van der Waals surface area contributed by atoms with E-state index >= 15 is 0 Å². The van der Waals surface area contributed by atoms with Crippen LogP contribution in [0.25, 0.3) is 6.08 Å². The van der Waals surface area contributed by atoms with Crippen LogP contribution in [-0.4, -0.2) is 51.9 Å². The van der Waals surface area contributed by atoms with Gasteiger partial charge in [-0.15, -0.1) is 0 Å². The molecule has 0 spiro atoms. The topological polar surface area (TPSA) is 49.3 Å². The van der Waals surface area contributed by atoms with Crippen molar-refractivity contribution in [2.45, 2.75) is 45.6 Å². The van der Waals surface area contributed by atoms with Gasteiger partial charge in [-0.25, -0.2) is 9.97 Å². The van der Waals surface area contributed by atoms with Gasteiger partial charge in [0.15, 0.2) is 0 Å². The molecule has 0 N–H and O–H groups in total. The molecule has 2 aliphatic rings. The molecule has 5 nitrogen and oxygen atoms in total. The Morgan fingerprint density at radius 3 is 2.83 bits per heavy atom. The van der Waals surface area contributed by atoms with Gasteiger partial charge in [0.05, 0.1) is 5.69 Å². The number of carbonyl (C=O) groups excluding carboxylic acids is 1. The summed E-state index contributed by atoms with van der Waals surface area (Å²) in [6.45, 7) is 8.39. The highest BCUT2D eigenvalue weighted by Gasteiger charge is 2.26. The van der Waals surface area contributed by atoms with Gasteiger partial charge in [0.2, 0.25) is 5.91 Å². The molecular weight excluding hydrogens is 360 g/mol. The molecule has 1 fully saturated rings. The minimum absolute atomic E-state index is 0.126. The summed E-state index contributed by atoms with van der Waals surface area (Å²) in [6.07, 6.45) is 7.39. The van der Waals surface area contributed by atoms with E-state index in [1.54, 1.807) is 6.92 Å². The van der Waals surface area contributed by atoms with Crippen molar-refractivity contribution in [3.63, 3.8) is 0 Å². The standard InChI is InChI=1S/C24H30N4O/c1-18(13-20-7-4-3-5-8-20)15-27-11-6-9-21(16-27)24-25-14-22-17-28(19(2)29)12-10-23(22)26-24/h3-5,7-8,13-14,21H,6,9-12,15-17H2,1-2H3/b18-13+. The number of benzene rings is 1. The monoisotopic (exact) mass is 390 g/mol. The molecule has 1 aromatic heterocycles. The van der Waals surface area contributed by atoms with Gasteiger partial charge in [-0.05, 0) is 31.9 Å². The molecule has 0 bridgehead atoms. The summed E-state index contributed by atoms with van der Waals surface area (Å²) in [4.78, 5) is 25.7. The zero-order chi connectivity index (χ0) is 20.2. The van der Waals surface area contributed by atoms with Crippen molar-refractivity contribution in [3.8, 4) is 0 Å². The molecule has 1 atom stereocenters. The minimum Gasteiger partial charge on any atom is -0.338 e. The fourth-order valence-corrected chi connectivity index (χ4v) is 4.44. The molecule has 5 heteroatoms. The number of hydrogen-bond donors (Lipinski definition) is 0. The number of rotatable bonds is 4. The summed E-state index contributed by atoms with van der Waals surface area (Å²) in [6, 6.07) is 10.5. The summed E-state index contributed by atoms with van der Waals surface area (Å²) in [5.74, 6) is 1.50. The van der Waals surface area contributed by atoms with Crippen LogP contribution in [0.5, 0.6) is 0 Å². The molecule has 3 heterocycles. The average Bonchev–Trinajstić information content (AvgIpc) is 2.73. The minimum atomic E-state index is 0.126. The molecule has 152 valence electrons. The van der Waals surface area contributed by atoms with E-state index < -0.39 is 0 Å². The van der Waals surface area contributed by atoms with Crippen molar-refractivity contribution < 1.29 is 4.79 Å².